The number of allylic oxidation sites excluding steroid dienone is 1. The second-order valence-corrected chi connectivity index (χ2v) is 4.12. The highest BCUT2D eigenvalue weighted by molar-refractivity contribution is 5.88. The molecule has 1 aliphatic carbocycles. The molecule has 0 amide bonds. The van der Waals surface area contributed by atoms with Crippen molar-refractivity contribution in [1.82, 2.24) is 14.8 Å². The summed E-state index contributed by atoms with van der Waals surface area (Å²) in [5.41, 5.74) is 0.834. The smallest absolute Gasteiger partial charge is 0.333 e. The van der Waals surface area contributed by atoms with Gasteiger partial charge in [0.1, 0.15) is 19.3 Å². The van der Waals surface area contributed by atoms with E-state index >= 15 is 0 Å². The maximum atomic E-state index is 11.7. The van der Waals surface area contributed by atoms with Crippen molar-refractivity contribution in [3.63, 3.8) is 0 Å². The lowest BCUT2D eigenvalue weighted by molar-refractivity contribution is -0.139. The normalized spacial score (nSPS) is 16.1. The van der Waals surface area contributed by atoms with E-state index in [2.05, 4.69) is 10.1 Å². The number of rotatable bonds is 4. The lowest BCUT2D eigenvalue weighted by Crippen LogP contribution is -2.13. The third-order valence-electron chi connectivity index (χ3n) is 2.82. The van der Waals surface area contributed by atoms with Gasteiger partial charge in [0, 0.05) is 5.57 Å². The van der Waals surface area contributed by atoms with Gasteiger partial charge in [0.05, 0.1) is 6.54 Å². The van der Waals surface area contributed by atoms with Gasteiger partial charge in [0.15, 0.2) is 0 Å². The third kappa shape index (κ3) is 3.69. The largest absolute Gasteiger partial charge is 0.460 e. The van der Waals surface area contributed by atoms with Crippen LogP contribution >= 0.6 is 0 Å². The molecule has 5 heteroatoms. The molecule has 0 aromatic carbocycles. The van der Waals surface area contributed by atoms with Crippen molar-refractivity contribution in [2.45, 2.75) is 38.6 Å². The van der Waals surface area contributed by atoms with Crippen LogP contribution in [-0.4, -0.2) is 27.3 Å². The molecular formula is C12H17N3O2. The van der Waals surface area contributed by atoms with E-state index in [1.807, 2.05) is 6.08 Å². The Balaban J connectivity index is 1.74. The monoisotopic (exact) mass is 235 g/mol. The minimum atomic E-state index is -0.174. The van der Waals surface area contributed by atoms with E-state index in [1.54, 1.807) is 11.0 Å². The van der Waals surface area contributed by atoms with E-state index in [1.165, 1.54) is 19.2 Å². The zero-order valence-electron chi connectivity index (χ0n) is 9.84. The highest BCUT2D eigenvalue weighted by Gasteiger charge is 2.12. The van der Waals surface area contributed by atoms with E-state index in [0.717, 1.165) is 24.8 Å². The van der Waals surface area contributed by atoms with Gasteiger partial charge in [-0.2, -0.15) is 5.10 Å². The van der Waals surface area contributed by atoms with Crippen molar-refractivity contribution in [1.29, 1.82) is 0 Å². The fourth-order valence-electron chi connectivity index (χ4n) is 1.87. The maximum Gasteiger partial charge on any atom is 0.333 e. The molecule has 1 aromatic rings. The van der Waals surface area contributed by atoms with Gasteiger partial charge in [-0.05, 0) is 25.7 Å². The molecule has 0 fully saturated rings. The average molecular weight is 235 g/mol. The molecule has 0 saturated heterocycles. The Morgan fingerprint density at radius 2 is 2.35 bits per heavy atom. The van der Waals surface area contributed by atoms with Crippen molar-refractivity contribution < 1.29 is 9.53 Å². The summed E-state index contributed by atoms with van der Waals surface area (Å²) >= 11 is 0. The van der Waals surface area contributed by atoms with Crippen LogP contribution in [0.4, 0.5) is 0 Å². The van der Waals surface area contributed by atoms with Crippen LogP contribution in [0.15, 0.2) is 24.3 Å². The number of carbonyl (C=O) groups is 1. The molecule has 0 N–H and O–H groups in total. The Morgan fingerprint density at radius 1 is 1.41 bits per heavy atom. The molecule has 0 bridgehead atoms. The fraction of sp³-hybridized carbons (Fsp3) is 0.583. The number of hydrogen-bond acceptors (Lipinski definition) is 4. The molecule has 0 spiro atoms. The molecule has 0 atom stereocenters. The van der Waals surface area contributed by atoms with Crippen LogP contribution in [0.1, 0.15) is 32.1 Å². The zero-order chi connectivity index (χ0) is 11.9. The molecule has 1 aliphatic rings. The van der Waals surface area contributed by atoms with Gasteiger partial charge in [0.2, 0.25) is 0 Å². The van der Waals surface area contributed by atoms with Crippen LogP contribution in [0.3, 0.4) is 0 Å². The molecule has 1 aromatic heterocycles. The molecule has 92 valence electrons. The summed E-state index contributed by atoms with van der Waals surface area (Å²) in [6.07, 6.45) is 10.4. The van der Waals surface area contributed by atoms with Gasteiger partial charge in [-0.3, -0.25) is 0 Å². The number of nitrogens with zero attached hydrogens (tertiary/aromatic N) is 3. The Hall–Kier alpha value is -1.65. The van der Waals surface area contributed by atoms with Gasteiger partial charge < -0.3 is 4.74 Å². The molecule has 1 heterocycles. The Bertz CT molecular complexity index is 384. The van der Waals surface area contributed by atoms with Gasteiger partial charge in [-0.25, -0.2) is 14.5 Å². The molecular weight excluding hydrogens is 218 g/mol. The molecule has 17 heavy (non-hydrogen) atoms. The van der Waals surface area contributed by atoms with Crippen molar-refractivity contribution in [3.8, 4) is 0 Å². The van der Waals surface area contributed by atoms with Crippen LogP contribution in [0.5, 0.6) is 0 Å². The quantitative estimate of drug-likeness (QED) is 0.745. The van der Waals surface area contributed by atoms with E-state index in [9.17, 15) is 4.79 Å². The topological polar surface area (TPSA) is 57.0 Å². The summed E-state index contributed by atoms with van der Waals surface area (Å²) in [4.78, 5) is 15.6. The van der Waals surface area contributed by atoms with Crippen LogP contribution in [-0.2, 0) is 16.1 Å². The molecule has 5 nitrogen and oxygen atoms in total. The average Bonchev–Trinajstić information content (AvgIpc) is 2.69. The highest BCUT2D eigenvalue weighted by atomic mass is 16.5. The van der Waals surface area contributed by atoms with Crippen LogP contribution in [0.25, 0.3) is 0 Å². The number of aromatic nitrogens is 3. The van der Waals surface area contributed by atoms with Gasteiger partial charge in [0.25, 0.3) is 0 Å². The van der Waals surface area contributed by atoms with Gasteiger partial charge in [-0.1, -0.05) is 12.5 Å². The SMILES string of the molecule is O=C(OCCn1cncn1)C1=CCCCCC1. The summed E-state index contributed by atoms with van der Waals surface area (Å²) in [6, 6.07) is 0. The molecule has 0 unspecified atom stereocenters. The highest BCUT2D eigenvalue weighted by Crippen LogP contribution is 2.17. The van der Waals surface area contributed by atoms with E-state index < -0.39 is 0 Å². The first-order chi connectivity index (χ1) is 8.36. The summed E-state index contributed by atoms with van der Waals surface area (Å²) in [7, 11) is 0. The first-order valence-corrected chi connectivity index (χ1v) is 6.05. The van der Waals surface area contributed by atoms with E-state index in [-0.39, 0.29) is 5.97 Å². The second kappa shape index (κ2) is 6.18. The van der Waals surface area contributed by atoms with Gasteiger partial charge in [-0.15, -0.1) is 0 Å². The molecule has 2 rings (SSSR count). The minimum absolute atomic E-state index is 0.174. The Labute approximate surface area is 100 Å². The molecule has 0 saturated carbocycles. The Morgan fingerprint density at radius 3 is 3.18 bits per heavy atom. The summed E-state index contributed by atoms with van der Waals surface area (Å²) in [6.45, 7) is 0.901. The summed E-state index contributed by atoms with van der Waals surface area (Å²) in [5.74, 6) is -0.174. The van der Waals surface area contributed by atoms with Crippen LogP contribution in [0, 0.1) is 0 Å². The van der Waals surface area contributed by atoms with Crippen molar-refractivity contribution in [2.75, 3.05) is 6.61 Å². The first-order valence-electron chi connectivity index (χ1n) is 6.05. The Kier molecular flexibility index (Phi) is 4.30. The molecule has 0 radical (unpaired) electrons. The fourth-order valence-corrected chi connectivity index (χ4v) is 1.87. The number of hydrogen-bond donors (Lipinski definition) is 0. The zero-order valence-corrected chi connectivity index (χ0v) is 9.84. The second-order valence-electron chi connectivity index (χ2n) is 4.12. The predicted octanol–water partition coefficient (Wildman–Crippen LogP) is 1.71. The molecule has 0 aliphatic heterocycles. The summed E-state index contributed by atoms with van der Waals surface area (Å²) < 4.78 is 6.86. The van der Waals surface area contributed by atoms with E-state index in [0.29, 0.717) is 13.2 Å². The van der Waals surface area contributed by atoms with Gasteiger partial charge >= 0.3 is 5.97 Å². The summed E-state index contributed by atoms with van der Waals surface area (Å²) in [5, 5.41) is 3.94. The number of ether oxygens (including phenoxy) is 1. The maximum absolute atomic E-state index is 11.7. The number of carbonyl (C=O) groups excluding carboxylic acids is 1. The lowest BCUT2D eigenvalue weighted by atomic mass is 10.1. The van der Waals surface area contributed by atoms with Crippen LogP contribution < -0.4 is 0 Å². The van der Waals surface area contributed by atoms with Crippen molar-refractivity contribution in [3.05, 3.63) is 24.3 Å². The standard InChI is InChI=1S/C12H17N3O2/c16-12(11-5-3-1-2-4-6-11)17-8-7-15-10-13-9-14-15/h5,9-10H,1-4,6-8H2. The first kappa shape index (κ1) is 11.8. The third-order valence-corrected chi connectivity index (χ3v) is 2.82. The van der Waals surface area contributed by atoms with Crippen molar-refractivity contribution >= 4 is 5.97 Å². The predicted molar refractivity (Wildman–Crippen MR) is 62.1 cm³/mol. The van der Waals surface area contributed by atoms with Crippen LogP contribution in [0.2, 0.25) is 0 Å². The number of esters is 1. The lowest BCUT2D eigenvalue weighted by Gasteiger charge is -2.06. The van der Waals surface area contributed by atoms with E-state index in [4.69, 9.17) is 4.74 Å². The minimum Gasteiger partial charge on any atom is -0.460 e. The van der Waals surface area contributed by atoms with Crippen molar-refractivity contribution in [2.24, 2.45) is 0 Å².